The SMILES string of the molecule is CC(C)(C)OC(=O)N1CCC[C@H]([C@](O)(C(C)(C)C)C(F)(F)F)C1. The summed E-state index contributed by atoms with van der Waals surface area (Å²) in [6.07, 6.45) is -4.79. The third kappa shape index (κ3) is 4.31. The van der Waals surface area contributed by atoms with E-state index in [4.69, 9.17) is 4.74 Å². The van der Waals surface area contributed by atoms with Crippen molar-refractivity contribution in [2.24, 2.45) is 11.3 Å². The molecule has 0 saturated carbocycles. The molecule has 0 aromatic rings. The van der Waals surface area contributed by atoms with Crippen molar-refractivity contribution in [1.29, 1.82) is 0 Å². The van der Waals surface area contributed by atoms with Crippen LogP contribution in [-0.2, 0) is 4.74 Å². The van der Waals surface area contributed by atoms with Gasteiger partial charge in [0.15, 0.2) is 5.60 Å². The maximum atomic E-state index is 13.6. The number of alkyl halides is 3. The fraction of sp³-hybridized carbons (Fsp3) is 0.938. The molecular formula is C16H28F3NO3. The number of carbonyl (C=O) groups is 1. The quantitative estimate of drug-likeness (QED) is 0.786. The van der Waals surface area contributed by atoms with Crippen LogP contribution in [0.3, 0.4) is 0 Å². The molecule has 1 N–H and O–H groups in total. The second kappa shape index (κ2) is 6.15. The summed E-state index contributed by atoms with van der Waals surface area (Å²) in [5, 5.41) is 10.5. The van der Waals surface area contributed by atoms with Gasteiger partial charge in [-0.15, -0.1) is 0 Å². The summed E-state index contributed by atoms with van der Waals surface area (Å²) >= 11 is 0. The van der Waals surface area contributed by atoms with Crippen molar-refractivity contribution in [2.45, 2.75) is 71.8 Å². The number of likely N-dealkylation sites (tertiary alicyclic amines) is 1. The van der Waals surface area contributed by atoms with Crippen molar-refractivity contribution in [3.63, 3.8) is 0 Å². The van der Waals surface area contributed by atoms with Crippen molar-refractivity contribution in [1.82, 2.24) is 4.90 Å². The number of hydrogen-bond acceptors (Lipinski definition) is 3. The molecule has 0 bridgehead atoms. The van der Waals surface area contributed by atoms with E-state index in [1.165, 1.54) is 25.7 Å². The van der Waals surface area contributed by atoms with Crippen molar-refractivity contribution >= 4 is 6.09 Å². The predicted molar refractivity (Wildman–Crippen MR) is 81.0 cm³/mol. The van der Waals surface area contributed by atoms with Gasteiger partial charge in [-0.2, -0.15) is 13.2 Å². The van der Waals surface area contributed by atoms with Crippen LogP contribution in [0.15, 0.2) is 0 Å². The summed E-state index contributed by atoms with van der Waals surface area (Å²) in [7, 11) is 0. The number of ether oxygens (including phenoxy) is 1. The van der Waals surface area contributed by atoms with E-state index in [0.29, 0.717) is 13.0 Å². The van der Waals surface area contributed by atoms with E-state index >= 15 is 0 Å². The summed E-state index contributed by atoms with van der Waals surface area (Å²) < 4.78 is 46.0. The molecule has 0 aromatic carbocycles. The molecule has 4 nitrogen and oxygen atoms in total. The number of carbonyl (C=O) groups excluding carboxylic acids is 1. The lowest BCUT2D eigenvalue weighted by atomic mass is 9.66. The smallest absolute Gasteiger partial charge is 0.418 e. The Hall–Kier alpha value is -0.980. The minimum absolute atomic E-state index is 0.164. The van der Waals surface area contributed by atoms with E-state index in [1.807, 2.05) is 0 Å². The Morgan fingerprint density at radius 1 is 1.13 bits per heavy atom. The molecule has 1 amide bonds. The van der Waals surface area contributed by atoms with Gasteiger partial charge in [0.2, 0.25) is 0 Å². The van der Waals surface area contributed by atoms with Crippen molar-refractivity contribution < 1.29 is 27.8 Å². The maximum absolute atomic E-state index is 13.6. The van der Waals surface area contributed by atoms with Gasteiger partial charge in [0.1, 0.15) is 5.60 Å². The summed E-state index contributed by atoms with van der Waals surface area (Å²) in [6.45, 7) is 9.38. The second-order valence-electron chi connectivity index (χ2n) is 8.28. The zero-order valence-electron chi connectivity index (χ0n) is 14.8. The summed E-state index contributed by atoms with van der Waals surface area (Å²) in [6, 6.07) is 0. The van der Waals surface area contributed by atoms with Crippen LogP contribution in [-0.4, -0.2) is 46.6 Å². The molecule has 1 heterocycles. The number of amides is 1. The van der Waals surface area contributed by atoms with Crippen molar-refractivity contribution in [3.8, 4) is 0 Å². The maximum Gasteiger partial charge on any atom is 0.418 e. The molecule has 1 saturated heterocycles. The average molecular weight is 339 g/mol. The van der Waals surface area contributed by atoms with Crippen molar-refractivity contribution in [3.05, 3.63) is 0 Å². The molecule has 23 heavy (non-hydrogen) atoms. The minimum atomic E-state index is -4.77. The molecule has 0 spiro atoms. The van der Waals surface area contributed by atoms with Crippen LogP contribution in [0.1, 0.15) is 54.4 Å². The molecule has 7 heteroatoms. The van der Waals surface area contributed by atoms with Crippen LogP contribution >= 0.6 is 0 Å². The number of halogens is 3. The normalized spacial score (nSPS) is 23.4. The highest BCUT2D eigenvalue weighted by Crippen LogP contribution is 2.50. The monoisotopic (exact) mass is 339 g/mol. The fourth-order valence-electron chi connectivity index (χ4n) is 3.08. The second-order valence-corrected chi connectivity index (χ2v) is 8.28. The standard InChI is InChI=1S/C16H28F3NO3/c1-13(2,3)15(22,16(17,18)19)11-8-7-9-20(10-11)12(21)23-14(4,5)6/h11,22H,7-10H2,1-6H3/t11-,15-/m0/s1. The molecule has 1 aliphatic rings. The summed E-state index contributed by atoms with van der Waals surface area (Å²) in [5.41, 5.74) is -4.97. The van der Waals surface area contributed by atoms with Gasteiger partial charge in [0.05, 0.1) is 0 Å². The highest BCUT2D eigenvalue weighted by Gasteiger charge is 2.64. The summed E-state index contributed by atoms with van der Waals surface area (Å²) in [4.78, 5) is 13.4. The zero-order valence-corrected chi connectivity index (χ0v) is 14.8. The van der Waals surface area contributed by atoms with E-state index in [2.05, 4.69) is 0 Å². The van der Waals surface area contributed by atoms with Gasteiger partial charge in [-0.1, -0.05) is 20.8 Å². The first-order valence-electron chi connectivity index (χ1n) is 7.86. The van der Waals surface area contributed by atoms with E-state index in [1.54, 1.807) is 20.8 Å². The molecular weight excluding hydrogens is 311 g/mol. The first-order valence-corrected chi connectivity index (χ1v) is 7.86. The topological polar surface area (TPSA) is 49.8 Å². The van der Waals surface area contributed by atoms with Crippen LogP contribution in [0.2, 0.25) is 0 Å². The van der Waals surface area contributed by atoms with E-state index in [9.17, 15) is 23.1 Å². The molecule has 1 rings (SSSR count). The first-order chi connectivity index (χ1) is 10.1. The number of hydrogen-bond donors (Lipinski definition) is 1. The van der Waals surface area contributed by atoms with Gasteiger partial charge in [-0.05, 0) is 39.0 Å². The van der Waals surface area contributed by atoms with Gasteiger partial charge in [-0.25, -0.2) is 4.79 Å². The third-order valence-corrected chi connectivity index (χ3v) is 4.24. The van der Waals surface area contributed by atoms with Gasteiger partial charge >= 0.3 is 12.3 Å². The van der Waals surface area contributed by atoms with E-state index in [0.717, 1.165) is 0 Å². The van der Waals surface area contributed by atoms with Crippen LogP contribution in [0.25, 0.3) is 0 Å². The molecule has 1 fully saturated rings. The Morgan fingerprint density at radius 2 is 1.65 bits per heavy atom. The molecule has 0 radical (unpaired) electrons. The van der Waals surface area contributed by atoms with Gasteiger partial charge in [-0.3, -0.25) is 0 Å². The Morgan fingerprint density at radius 3 is 2.04 bits per heavy atom. The van der Waals surface area contributed by atoms with Crippen molar-refractivity contribution in [2.75, 3.05) is 13.1 Å². The van der Waals surface area contributed by atoms with Crippen LogP contribution in [0, 0.1) is 11.3 Å². The lowest BCUT2D eigenvalue weighted by Crippen LogP contribution is -2.63. The van der Waals surface area contributed by atoms with E-state index < -0.39 is 34.8 Å². The summed E-state index contributed by atoms with van der Waals surface area (Å²) in [5.74, 6) is -1.08. The molecule has 0 aliphatic carbocycles. The number of nitrogens with zero attached hydrogens (tertiary/aromatic N) is 1. The van der Waals surface area contributed by atoms with Crippen LogP contribution < -0.4 is 0 Å². The Kier molecular flexibility index (Phi) is 5.36. The minimum Gasteiger partial charge on any atom is -0.444 e. The Bertz CT molecular complexity index is 421. The van der Waals surface area contributed by atoms with Gasteiger partial charge in [0, 0.05) is 19.0 Å². The van der Waals surface area contributed by atoms with Crippen LogP contribution in [0.5, 0.6) is 0 Å². The predicted octanol–water partition coefficient (Wildman–Crippen LogP) is 3.97. The molecule has 2 atom stereocenters. The molecule has 1 aliphatic heterocycles. The highest BCUT2D eigenvalue weighted by atomic mass is 19.4. The van der Waals surface area contributed by atoms with E-state index in [-0.39, 0.29) is 13.0 Å². The third-order valence-electron chi connectivity index (χ3n) is 4.24. The number of aliphatic hydroxyl groups is 1. The zero-order chi connectivity index (χ0) is 18.3. The fourth-order valence-corrected chi connectivity index (χ4v) is 3.08. The molecule has 0 unspecified atom stereocenters. The molecule has 0 aromatic heterocycles. The largest absolute Gasteiger partial charge is 0.444 e. The van der Waals surface area contributed by atoms with Crippen LogP contribution in [0.4, 0.5) is 18.0 Å². The Labute approximate surface area is 136 Å². The number of piperidine rings is 1. The Balaban J connectivity index is 3.02. The first kappa shape index (κ1) is 20.1. The number of rotatable bonds is 1. The van der Waals surface area contributed by atoms with Gasteiger partial charge in [0.25, 0.3) is 0 Å². The lowest BCUT2D eigenvalue weighted by Gasteiger charge is -2.49. The van der Waals surface area contributed by atoms with Gasteiger partial charge < -0.3 is 14.7 Å². The average Bonchev–Trinajstić information content (AvgIpc) is 2.33. The highest BCUT2D eigenvalue weighted by molar-refractivity contribution is 5.68. The molecule has 136 valence electrons. The lowest BCUT2D eigenvalue weighted by molar-refractivity contribution is -0.318.